The number of nitrogens with one attached hydrogen (secondary N) is 1. The summed E-state index contributed by atoms with van der Waals surface area (Å²) in [5.74, 6) is 1.60. The van der Waals surface area contributed by atoms with Gasteiger partial charge < -0.3 is 24.6 Å². The van der Waals surface area contributed by atoms with E-state index in [1.165, 1.54) is 25.7 Å². The van der Waals surface area contributed by atoms with Crippen LogP contribution in [-0.2, 0) is 4.74 Å². The lowest BCUT2D eigenvalue weighted by Gasteiger charge is -2.22. The molecule has 0 bridgehead atoms. The van der Waals surface area contributed by atoms with Gasteiger partial charge in [0.05, 0.1) is 26.9 Å². The molecule has 1 aliphatic carbocycles. The Labute approximate surface area is 186 Å². The summed E-state index contributed by atoms with van der Waals surface area (Å²) < 4.78 is 16.7. The van der Waals surface area contributed by atoms with Gasteiger partial charge in [-0.05, 0) is 74.0 Å². The van der Waals surface area contributed by atoms with Crippen LogP contribution in [0.5, 0.6) is 11.5 Å². The molecule has 1 unspecified atom stereocenters. The zero-order valence-electron chi connectivity index (χ0n) is 18.7. The third-order valence-electron chi connectivity index (χ3n) is 5.68. The number of hydrogen-bond acceptors (Lipinski definition) is 5. The fraction of sp³-hybridized carbons (Fsp3) is 0.462. The van der Waals surface area contributed by atoms with Crippen LogP contribution in [0.2, 0.25) is 0 Å². The Balaban J connectivity index is 1.55. The molecule has 3 rings (SSSR count). The van der Waals surface area contributed by atoms with Gasteiger partial charge in [-0.2, -0.15) is 0 Å². The Bertz CT molecular complexity index is 754. The Morgan fingerprint density at radius 1 is 0.903 bits per heavy atom. The summed E-state index contributed by atoms with van der Waals surface area (Å²) in [5, 5.41) is 13.8. The average molecular weight is 426 g/mol. The first kappa shape index (κ1) is 23.3. The van der Waals surface area contributed by atoms with Gasteiger partial charge in [0.15, 0.2) is 0 Å². The first-order chi connectivity index (χ1) is 15.2. The second kappa shape index (κ2) is 12.5. The summed E-state index contributed by atoms with van der Waals surface area (Å²) in [7, 11) is 3.31. The lowest BCUT2D eigenvalue weighted by Crippen LogP contribution is -2.31. The van der Waals surface area contributed by atoms with E-state index in [2.05, 4.69) is 11.4 Å². The molecule has 0 aromatic heterocycles. The predicted molar refractivity (Wildman–Crippen MR) is 124 cm³/mol. The van der Waals surface area contributed by atoms with Crippen molar-refractivity contribution in [2.75, 3.05) is 33.9 Å². The second-order valence-electron chi connectivity index (χ2n) is 7.98. The lowest BCUT2D eigenvalue weighted by atomic mass is 9.97. The van der Waals surface area contributed by atoms with E-state index in [1.807, 2.05) is 48.5 Å². The van der Waals surface area contributed by atoms with E-state index in [1.54, 1.807) is 19.8 Å². The molecule has 168 valence electrons. The number of ether oxygens (including phenoxy) is 3. The number of methoxy groups -OCH3 is 2. The SMILES string of the molecule is COc1ccc(C(OCC(O)CNCCC2=CCCCC2)c2ccc(OC)cc2)cc1. The maximum absolute atomic E-state index is 10.5. The van der Waals surface area contributed by atoms with Gasteiger partial charge in [-0.25, -0.2) is 0 Å². The summed E-state index contributed by atoms with van der Waals surface area (Å²) in [6, 6.07) is 15.7. The fourth-order valence-electron chi connectivity index (χ4n) is 3.86. The van der Waals surface area contributed by atoms with Crippen LogP contribution in [0.4, 0.5) is 0 Å². The number of hydrogen-bond donors (Lipinski definition) is 2. The van der Waals surface area contributed by atoms with Gasteiger partial charge in [-0.15, -0.1) is 0 Å². The van der Waals surface area contributed by atoms with Crippen LogP contribution in [0.15, 0.2) is 60.2 Å². The monoisotopic (exact) mass is 425 g/mol. The third kappa shape index (κ3) is 7.39. The Morgan fingerprint density at radius 2 is 1.52 bits per heavy atom. The van der Waals surface area contributed by atoms with E-state index in [4.69, 9.17) is 14.2 Å². The molecule has 2 aromatic carbocycles. The molecule has 1 aliphatic rings. The van der Waals surface area contributed by atoms with E-state index < -0.39 is 6.10 Å². The van der Waals surface area contributed by atoms with Gasteiger partial charge in [0.25, 0.3) is 0 Å². The molecule has 2 N–H and O–H groups in total. The summed E-state index contributed by atoms with van der Waals surface area (Å²) >= 11 is 0. The van der Waals surface area contributed by atoms with E-state index in [0.717, 1.165) is 35.6 Å². The van der Waals surface area contributed by atoms with E-state index in [-0.39, 0.29) is 12.7 Å². The molecule has 1 atom stereocenters. The highest BCUT2D eigenvalue weighted by Gasteiger charge is 2.17. The van der Waals surface area contributed by atoms with Crippen LogP contribution < -0.4 is 14.8 Å². The van der Waals surface area contributed by atoms with Crippen molar-refractivity contribution in [1.29, 1.82) is 0 Å². The first-order valence-corrected chi connectivity index (χ1v) is 11.2. The molecule has 31 heavy (non-hydrogen) atoms. The maximum atomic E-state index is 10.5. The summed E-state index contributed by atoms with van der Waals surface area (Å²) in [5.41, 5.74) is 3.56. The minimum Gasteiger partial charge on any atom is -0.497 e. The lowest BCUT2D eigenvalue weighted by molar-refractivity contribution is 0.00667. The molecule has 0 aliphatic heterocycles. The molecule has 2 aromatic rings. The molecule has 0 radical (unpaired) electrons. The topological polar surface area (TPSA) is 60.0 Å². The second-order valence-corrected chi connectivity index (χ2v) is 7.98. The van der Waals surface area contributed by atoms with Crippen molar-refractivity contribution in [1.82, 2.24) is 5.32 Å². The molecular weight excluding hydrogens is 390 g/mol. The van der Waals surface area contributed by atoms with Gasteiger partial charge >= 0.3 is 0 Å². The average Bonchev–Trinajstić information content (AvgIpc) is 2.83. The summed E-state index contributed by atoms with van der Waals surface area (Å²) in [6.45, 7) is 1.66. The van der Waals surface area contributed by atoms with E-state index in [9.17, 15) is 5.11 Å². The van der Waals surface area contributed by atoms with Crippen molar-refractivity contribution in [3.8, 4) is 11.5 Å². The van der Waals surface area contributed by atoms with Gasteiger partial charge in [-0.3, -0.25) is 0 Å². The molecular formula is C26H35NO4. The maximum Gasteiger partial charge on any atom is 0.118 e. The quantitative estimate of drug-likeness (QED) is 0.383. The fourth-order valence-corrected chi connectivity index (χ4v) is 3.86. The molecule has 5 heteroatoms. The van der Waals surface area contributed by atoms with Gasteiger partial charge in [-0.1, -0.05) is 35.9 Å². The van der Waals surface area contributed by atoms with Gasteiger partial charge in [0, 0.05) is 6.54 Å². The van der Waals surface area contributed by atoms with Crippen LogP contribution in [0.1, 0.15) is 49.3 Å². The summed E-state index contributed by atoms with van der Waals surface area (Å²) in [6.07, 6.45) is 7.64. The van der Waals surface area contributed by atoms with Crippen LogP contribution in [0.25, 0.3) is 0 Å². The highest BCUT2D eigenvalue weighted by atomic mass is 16.5. The van der Waals surface area contributed by atoms with Crippen molar-refractivity contribution < 1.29 is 19.3 Å². The predicted octanol–water partition coefficient (Wildman–Crippen LogP) is 4.65. The molecule has 0 heterocycles. The molecule has 0 fully saturated rings. The van der Waals surface area contributed by atoms with Crippen LogP contribution in [0.3, 0.4) is 0 Å². The molecule has 0 amide bonds. The van der Waals surface area contributed by atoms with Crippen molar-refractivity contribution in [2.24, 2.45) is 0 Å². The normalized spacial score (nSPS) is 14.9. The smallest absolute Gasteiger partial charge is 0.118 e. The molecule has 5 nitrogen and oxygen atoms in total. The number of benzene rings is 2. The van der Waals surface area contributed by atoms with Crippen molar-refractivity contribution in [2.45, 2.75) is 44.3 Å². The largest absolute Gasteiger partial charge is 0.497 e. The van der Waals surface area contributed by atoms with Crippen LogP contribution in [0, 0.1) is 0 Å². The van der Waals surface area contributed by atoms with Gasteiger partial charge in [0.1, 0.15) is 17.6 Å². The van der Waals surface area contributed by atoms with Gasteiger partial charge in [0.2, 0.25) is 0 Å². The minimum absolute atomic E-state index is 0.248. The number of aliphatic hydroxyl groups excluding tert-OH is 1. The zero-order chi connectivity index (χ0) is 21.9. The standard InChI is InChI=1S/C26H35NO4/c1-29-24-12-8-21(9-13-24)26(22-10-14-25(30-2)15-11-22)31-19-23(28)18-27-17-16-20-6-4-3-5-7-20/h6,8-15,23,26-28H,3-5,7,16-19H2,1-2H3. The Morgan fingerprint density at radius 3 is 2.03 bits per heavy atom. The van der Waals surface area contributed by atoms with Crippen molar-refractivity contribution >= 4 is 0 Å². The minimum atomic E-state index is -0.570. The van der Waals surface area contributed by atoms with Crippen LogP contribution in [-0.4, -0.2) is 45.1 Å². The molecule has 0 saturated heterocycles. The number of aliphatic hydroxyl groups is 1. The zero-order valence-corrected chi connectivity index (χ0v) is 18.7. The molecule has 0 saturated carbocycles. The highest BCUT2D eigenvalue weighted by molar-refractivity contribution is 5.36. The third-order valence-corrected chi connectivity index (χ3v) is 5.68. The first-order valence-electron chi connectivity index (χ1n) is 11.2. The Kier molecular flexibility index (Phi) is 9.40. The highest BCUT2D eigenvalue weighted by Crippen LogP contribution is 2.29. The van der Waals surface area contributed by atoms with Crippen LogP contribution >= 0.6 is 0 Å². The number of allylic oxidation sites excluding steroid dienone is 1. The van der Waals surface area contributed by atoms with Crippen molar-refractivity contribution in [3.63, 3.8) is 0 Å². The van der Waals surface area contributed by atoms with E-state index >= 15 is 0 Å². The summed E-state index contributed by atoms with van der Waals surface area (Å²) in [4.78, 5) is 0. The molecule has 0 spiro atoms. The van der Waals surface area contributed by atoms with Crippen molar-refractivity contribution in [3.05, 3.63) is 71.3 Å². The number of rotatable bonds is 12. The van der Waals surface area contributed by atoms with E-state index in [0.29, 0.717) is 6.54 Å². The Hall–Kier alpha value is -2.34.